The molecule has 78 valence electrons. The SMILES string of the molecule is CN(C)C(C)(C)CNc1ccncn1. The van der Waals surface area contributed by atoms with Crippen molar-refractivity contribution in [2.24, 2.45) is 0 Å². The van der Waals surface area contributed by atoms with Gasteiger partial charge in [0.25, 0.3) is 0 Å². The highest BCUT2D eigenvalue weighted by molar-refractivity contribution is 5.32. The molecule has 0 spiro atoms. The van der Waals surface area contributed by atoms with E-state index < -0.39 is 0 Å². The topological polar surface area (TPSA) is 41.0 Å². The fourth-order valence-electron chi connectivity index (χ4n) is 0.860. The van der Waals surface area contributed by atoms with Crippen molar-refractivity contribution in [3.05, 3.63) is 18.6 Å². The lowest BCUT2D eigenvalue weighted by molar-refractivity contribution is 0.210. The largest absolute Gasteiger partial charge is 0.368 e. The molecule has 0 atom stereocenters. The van der Waals surface area contributed by atoms with Gasteiger partial charge in [0.1, 0.15) is 12.1 Å². The van der Waals surface area contributed by atoms with Crippen LogP contribution in [0.2, 0.25) is 0 Å². The molecule has 14 heavy (non-hydrogen) atoms. The van der Waals surface area contributed by atoms with Gasteiger partial charge in [-0.15, -0.1) is 0 Å². The Kier molecular flexibility index (Phi) is 3.41. The highest BCUT2D eigenvalue weighted by atomic mass is 15.2. The predicted octanol–water partition coefficient (Wildman–Crippen LogP) is 1.23. The van der Waals surface area contributed by atoms with E-state index >= 15 is 0 Å². The summed E-state index contributed by atoms with van der Waals surface area (Å²) in [5.74, 6) is 0.870. The summed E-state index contributed by atoms with van der Waals surface area (Å²) in [4.78, 5) is 10.1. The van der Waals surface area contributed by atoms with Crippen LogP contribution in [0, 0.1) is 0 Å². The fraction of sp³-hybridized carbons (Fsp3) is 0.600. The van der Waals surface area contributed by atoms with Gasteiger partial charge in [0, 0.05) is 18.3 Å². The maximum Gasteiger partial charge on any atom is 0.129 e. The first-order chi connectivity index (χ1) is 6.52. The number of anilines is 1. The van der Waals surface area contributed by atoms with E-state index in [1.165, 1.54) is 0 Å². The van der Waals surface area contributed by atoms with Crippen molar-refractivity contribution in [1.29, 1.82) is 0 Å². The van der Waals surface area contributed by atoms with E-state index in [1.54, 1.807) is 12.5 Å². The summed E-state index contributed by atoms with van der Waals surface area (Å²) in [6.07, 6.45) is 3.28. The molecular formula is C10H18N4. The normalized spacial score (nSPS) is 11.8. The first-order valence-electron chi connectivity index (χ1n) is 4.70. The second-order valence-electron chi connectivity index (χ2n) is 4.16. The van der Waals surface area contributed by atoms with E-state index in [1.807, 2.05) is 6.07 Å². The Hall–Kier alpha value is -1.16. The van der Waals surface area contributed by atoms with Gasteiger partial charge in [-0.1, -0.05) is 0 Å². The predicted molar refractivity (Wildman–Crippen MR) is 58.3 cm³/mol. The van der Waals surface area contributed by atoms with Crippen molar-refractivity contribution in [1.82, 2.24) is 14.9 Å². The van der Waals surface area contributed by atoms with E-state index in [-0.39, 0.29) is 5.54 Å². The Bertz CT molecular complexity index is 269. The fourth-order valence-corrected chi connectivity index (χ4v) is 0.860. The van der Waals surface area contributed by atoms with E-state index in [4.69, 9.17) is 0 Å². The molecule has 0 bridgehead atoms. The van der Waals surface area contributed by atoms with Gasteiger partial charge in [-0.25, -0.2) is 9.97 Å². The first-order valence-corrected chi connectivity index (χ1v) is 4.70. The van der Waals surface area contributed by atoms with Gasteiger partial charge in [-0.3, -0.25) is 0 Å². The summed E-state index contributed by atoms with van der Waals surface area (Å²) in [5.41, 5.74) is 0.116. The van der Waals surface area contributed by atoms with E-state index in [2.05, 4.69) is 48.1 Å². The highest BCUT2D eigenvalue weighted by Crippen LogP contribution is 2.10. The van der Waals surface area contributed by atoms with Gasteiger partial charge in [-0.05, 0) is 34.0 Å². The van der Waals surface area contributed by atoms with Gasteiger partial charge in [0.15, 0.2) is 0 Å². The molecular weight excluding hydrogens is 176 g/mol. The molecule has 0 aliphatic heterocycles. The molecule has 0 saturated carbocycles. The first kappa shape index (κ1) is 10.9. The summed E-state index contributed by atoms with van der Waals surface area (Å²) in [6.45, 7) is 5.22. The maximum absolute atomic E-state index is 4.10. The summed E-state index contributed by atoms with van der Waals surface area (Å²) >= 11 is 0. The molecule has 4 heteroatoms. The van der Waals surface area contributed by atoms with Crippen molar-refractivity contribution >= 4 is 5.82 Å². The molecule has 0 aromatic carbocycles. The average Bonchev–Trinajstić information content (AvgIpc) is 2.16. The number of hydrogen-bond acceptors (Lipinski definition) is 4. The van der Waals surface area contributed by atoms with Crippen molar-refractivity contribution in [2.75, 3.05) is 26.0 Å². The third kappa shape index (κ3) is 2.96. The van der Waals surface area contributed by atoms with Crippen molar-refractivity contribution in [3.63, 3.8) is 0 Å². The zero-order valence-corrected chi connectivity index (χ0v) is 9.28. The molecule has 1 N–H and O–H groups in total. The molecule has 0 aliphatic carbocycles. The monoisotopic (exact) mass is 194 g/mol. The van der Waals surface area contributed by atoms with Crippen molar-refractivity contribution in [2.45, 2.75) is 19.4 Å². The number of hydrogen-bond donors (Lipinski definition) is 1. The Morgan fingerprint density at radius 3 is 2.64 bits per heavy atom. The van der Waals surface area contributed by atoms with Crippen LogP contribution in [-0.2, 0) is 0 Å². The van der Waals surface area contributed by atoms with Gasteiger partial charge < -0.3 is 10.2 Å². The molecule has 0 aliphatic rings. The number of likely N-dealkylation sites (N-methyl/N-ethyl adjacent to an activating group) is 1. The zero-order valence-electron chi connectivity index (χ0n) is 9.28. The van der Waals surface area contributed by atoms with E-state index in [0.717, 1.165) is 12.4 Å². The molecule has 1 rings (SSSR count). The summed E-state index contributed by atoms with van der Waals surface area (Å²) in [6, 6.07) is 1.87. The van der Waals surface area contributed by atoms with Crippen molar-refractivity contribution in [3.8, 4) is 0 Å². The Morgan fingerprint density at radius 2 is 2.14 bits per heavy atom. The second kappa shape index (κ2) is 4.37. The Labute approximate surface area is 85.4 Å². The lowest BCUT2D eigenvalue weighted by Gasteiger charge is -2.32. The number of rotatable bonds is 4. The molecule has 1 heterocycles. The van der Waals surface area contributed by atoms with Crippen molar-refractivity contribution < 1.29 is 0 Å². The van der Waals surface area contributed by atoms with E-state index in [0.29, 0.717) is 0 Å². The number of aromatic nitrogens is 2. The molecule has 0 fully saturated rings. The van der Waals surface area contributed by atoms with Crippen LogP contribution in [-0.4, -0.2) is 41.0 Å². The molecule has 4 nitrogen and oxygen atoms in total. The average molecular weight is 194 g/mol. The summed E-state index contributed by atoms with van der Waals surface area (Å²) in [5, 5.41) is 3.27. The minimum atomic E-state index is 0.116. The highest BCUT2D eigenvalue weighted by Gasteiger charge is 2.19. The molecule has 0 radical (unpaired) electrons. The van der Waals surface area contributed by atoms with E-state index in [9.17, 15) is 0 Å². The van der Waals surface area contributed by atoms with Crippen LogP contribution in [0.15, 0.2) is 18.6 Å². The third-order valence-corrected chi connectivity index (χ3v) is 2.49. The molecule has 1 aromatic rings. The van der Waals surface area contributed by atoms with Crippen LogP contribution in [0.4, 0.5) is 5.82 Å². The lowest BCUT2D eigenvalue weighted by Crippen LogP contribution is -2.44. The number of nitrogens with one attached hydrogen (secondary N) is 1. The molecule has 0 unspecified atom stereocenters. The minimum Gasteiger partial charge on any atom is -0.368 e. The van der Waals surface area contributed by atoms with Gasteiger partial charge in [0.05, 0.1) is 0 Å². The zero-order chi connectivity index (χ0) is 10.6. The van der Waals surface area contributed by atoms with Crippen LogP contribution in [0.5, 0.6) is 0 Å². The standard InChI is InChI=1S/C10H18N4/c1-10(2,14(3)4)7-12-9-5-6-11-8-13-9/h5-6,8H,7H2,1-4H3,(H,11,12,13). The Morgan fingerprint density at radius 1 is 1.43 bits per heavy atom. The van der Waals surface area contributed by atoms with Crippen LogP contribution in [0.1, 0.15) is 13.8 Å². The second-order valence-corrected chi connectivity index (χ2v) is 4.16. The third-order valence-electron chi connectivity index (χ3n) is 2.49. The van der Waals surface area contributed by atoms with Gasteiger partial charge in [-0.2, -0.15) is 0 Å². The quantitative estimate of drug-likeness (QED) is 0.782. The van der Waals surface area contributed by atoms with Crippen LogP contribution in [0.3, 0.4) is 0 Å². The van der Waals surface area contributed by atoms with Gasteiger partial charge in [0.2, 0.25) is 0 Å². The van der Waals surface area contributed by atoms with Crippen LogP contribution < -0.4 is 5.32 Å². The van der Waals surface area contributed by atoms with Crippen LogP contribution in [0.25, 0.3) is 0 Å². The maximum atomic E-state index is 4.10. The minimum absolute atomic E-state index is 0.116. The van der Waals surface area contributed by atoms with Gasteiger partial charge >= 0.3 is 0 Å². The molecule has 0 amide bonds. The number of nitrogens with zero attached hydrogens (tertiary/aromatic N) is 3. The molecule has 1 aromatic heterocycles. The lowest BCUT2D eigenvalue weighted by atomic mass is 10.0. The summed E-state index contributed by atoms with van der Waals surface area (Å²) in [7, 11) is 4.14. The Balaban J connectivity index is 2.49. The summed E-state index contributed by atoms with van der Waals surface area (Å²) < 4.78 is 0. The van der Waals surface area contributed by atoms with Crippen LogP contribution >= 0.6 is 0 Å². The smallest absolute Gasteiger partial charge is 0.129 e. The molecule has 0 saturated heterocycles.